The molecule has 38 heavy (non-hydrogen) atoms. The van der Waals surface area contributed by atoms with Gasteiger partial charge in [0.15, 0.2) is 5.78 Å². The van der Waals surface area contributed by atoms with E-state index in [2.05, 4.69) is 30.6 Å². The molecule has 1 aliphatic heterocycles. The SMILES string of the molecule is C=C(N)C1=C(O)C[C@@H]2C[C@]3(C)CC4C(C5CC=C(CN6CCCC6)C5)C=CC(O)C4C(O)C3C(O)C2C1=O. The number of allylic oxidation sites excluding steroid dienone is 4. The van der Waals surface area contributed by atoms with Crippen LogP contribution in [0.5, 0.6) is 0 Å². The number of carbonyl (C=O) groups is 1. The van der Waals surface area contributed by atoms with E-state index < -0.39 is 35.6 Å². The smallest absolute Gasteiger partial charge is 0.174 e. The highest BCUT2D eigenvalue weighted by molar-refractivity contribution is 6.02. The van der Waals surface area contributed by atoms with E-state index in [4.69, 9.17) is 5.73 Å². The van der Waals surface area contributed by atoms with Crippen LogP contribution in [0.2, 0.25) is 0 Å². The lowest BCUT2D eigenvalue weighted by Gasteiger charge is -2.61. The standard InChI is InChI=1S/C31H44N2O5/c1-16(32)24-23(35)12-19-13-31(2)14-21-20(18-6-5-17(11-18)15-33-9-3-4-10-33)7-8-22(34)26(21)30(38)27(31)29(37)25(19)28(24)36/h5,7-8,18-22,25-27,29-30,34-35,37-38H,1,3-4,6,9-15,32H2,2H3/t18?,19-,20?,21?,22?,25?,26?,27?,29?,30?,31-/m1/s1. The van der Waals surface area contributed by atoms with Crippen LogP contribution in [-0.4, -0.2) is 69.1 Å². The fraction of sp³-hybridized carbons (Fsp3) is 0.710. The van der Waals surface area contributed by atoms with Gasteiger partial charge in [-0.1, -0.05) is 37.3 Å². The Morgan fingerprint density at radius 1 is 1.11 bits per heavy atom. The van der Waals surface area contributed by atoms with Gasteiger partial charge >= 0.3 is 0 Å². The molecule has 0 radical (unpaired) electrons. The molecule has 5 aliphatic carbocycles. The number of nitrogens with two attached hydrogens (primary N) is 1. The van der Waals surface area contributed by atoms with Gasteiger partial charge in [0, 0.05) is 30.5 Å². The van der Waals surface area contributed by atoms with Gasteiger partial charge in [-0.25, -0.2) is 0 Å². The average Bonchev–Trinajstić information content (AvgIpc) is 3.50. The van der Waals surface area contributed by atoms with Crippen LogP contribution in [0, 0.1) is 46.8 Å². The number of nitrogens with zero attached hydrogens (tertiary/aromatic N) is 1. The summed E-state index contributed by atoms with van der Waals surface area (Å²) in [4.78, 5) is 15.9. The lowest BCUT2D eigenvalue weighted by Crippen LogP contribution is -2.64. The maximum absolute atomic E-state index is 13.4. The number of aliphatic hydroxyl groups excluding tert-OH is 4. The van der Waals surface area contributed by atoms with Crippen molar-refractivity contribution in [3.8, 4) is 0 Å². The minimum atomic E-state index is -1.07. The molecule has 0 aromatic heterocycles. The Balaban J connectivity index is 1.25. The maximum atomic E-state index is 13.4. The number of likely N-dealkylation sites (tertiary alicyclic amines) is 1. The summed E-state index contributed by atoms with van der Waals surface area (Å²) >= 11 is 0. The van der Waals surface area contributed by atoms with Crippen LogP contribution in [0.25, 0.3) is 0 Å². The van der Waals surface area contributed by atoms with E-state index >= 15 is 0 Å². The summed E-state index contributed by atoms with van der Waals surface area (Å²) in [5.41, 5.74) is 6.97. The summed E-state index contributed by atoms with van der Waals surface area (Å²) < 4.78 is 0. The summed E-state index contributed by atoms with van der Waals surface area (Å²) in [5, 5.41) is 45.2. The van der Waals surface area contributed by atoms with E-state index in [0.717, 1.165) is 25.8 Å². The van der Waals surface area contributed by atoms with Crippen molar-refractivity contribution in [2.75, 3.05) is 19.6 Å². The molecular formula is C31H44N2O5. The van der Waals surface area contributed by atoms with Gasteiger partial charge in [0.05, 0.1) is 29.8 Å². The van der Waals surface area contributed by atoms with Gasteiger partial charge in [0.1, 0.15) is 5.76 Å². The Bertz CT molecular complexity index is 1090. The number of Topliss-reactive ketones (excluding diaryl/α,β-unsaturated/α-hetero) is 1. The zero-order valence-corrected chi connectivity index (χ0v) is 22.5. The number of ketones is 1. The molecule has 6 aliphatic rings. The average molecular weight is 525 g/mol. The molecule has 3 fully saturated rings. The Hall–Kier alpha value is -1.93. The third-order valence-corrected chi connectivity index (χ3v) is 11.2. The maximum Gasteiger partial charge on any atom is 0.174 e. The molecule has 1 heterocycles. The first kappa shape index (κ1) is 26.3. The lowest BCUT2D eigenvalue weighted by atomic mass is 9.45. The Morgan fingerprint density at radius 3 is 2.55 bits per heavy atom. The Morgan fingerprint density at radius 2 is 1.84 bits per heavy atom. The molecule has 0 amide bonds. The molecule has 11 atom stereocenters. The zero-order chi connectivity index (χ0) is 26.9. The van der Waals surface area contributed by atoms with Crippen molar-refractivity contribution in [2.45, 2.75) is 70.2 Å². The van der Waals surface area contributed by atoms with Crippen LogP contribution in [0.3, 0.4) is 0 Å². The highest BCUT2D eigenvalue weighted by atomic mass is 16.3. The monoisotopic (exact) mass is 524 g/mol. The van der Waals surface area contributed by atoms with Crippen molar-refractivity contribution in [2.24, 2.45) is 52.6 Å². The highest BCUT2D eigenvalue weighted by Gasteiger charge is 2.63. The molecule has 208 valence electrons. The molecule has 6 N–H and O–H groups in total. The van der Waals surface area contributed by atoms with Crippen LogP contribution in [-0.2, 0) is 4.79 Å². The molecular weight excluding hydrogens is 480 g/mol. The molecule has 9 unspecified atom stereocenters. The Kier molecular flexibility index (Phi) is 6.65. The molecule has 6 rings (SSSR count). The summed E-state index contributed by atoms with van der Waals surface area (Å²) in [6.07, 6.45) is 10.1. The number of carbonyl (C=O) groups excluding carboxylic acids is 1. The predicted molar refractivity (Wildman–Crippen MR) is 145 cm³/mol. The topological polar surface area (TPSA) is 127 Å². The van der Waals surface area contributed by atoms with Crippen LogP contribution < -0.4 is 5.73 Å². The zero-order valence-electron chi connectivity index (χ0n) is 22.5. The van der Waals surface area contributed by atoms with E-state index in [0.29, 0.717) is 12.3 Å². The highest BCUT2D eigenvalue weighted by Crippen LogP contribution is 2.62. The number of fused-ring (bicyclic) bond motifs is 3. The van der Waals surface area contributed by atoms with Gasteiger partial charge < -0.3 is 26.2 Å². The lowest BCUT2D eigenvalue weighted by molar-refractivity contribution is -0.205. The second-order valence-electron chi connectivity index (χ2n) is 13.5. The minimum absolute atomic E-state index is 0.0145. The predicted octanol–water partition coefficient (Wildman–Crippen LogP) is 2.84. The van der Waals surface area contributed by atoms with Crippen molar-refractivity contribution < 1.29 is 25.2 Å². The molecule has 7 nitrogen and oxygen atoms in total. The normalized spacial score (nSPS) is 46.9. The van der Waals surface area contributed by atoms with E-state index in [9.17, 15) is 25.2 Å². The van der Waals surface area contributed by atoms with Crippen LogP contribution in [0.1, 0.15) is 51.9 Å². The number of hydrogen-bond acceptors (Lipinski definition) is 7. The van der Waals surface area contributed by atoms with Crippen molar-refractivity contribution in [3.05, 3.63) is 47.4 Å². The van der Waals surface area contributed by atoms with Crippen molar-refractivity contribution in [1.82, 2.24) is 4.90 Å². The van der Waals surface area contributed by atoms with Crippen molar-refractivity contribution in [1.29, 1.82) is 0 Å². The van der Waals surface area contributed by atoms with Gasteiger partial charge in [-0.2, -0.15) is 0 Å². The summed E-state index contributed by atoms with van der Waals surface area (Å²) in [6.45, 7) is 9.22. The number of aliphatic hydroxyl groups is 4. The molecule has 0 spiro atoms. The summed E-state index contributed by atoms with van der Waals surface area (Å²) in [5.74, 6) is -1.45. The molecule has 2 saturated carbocycles. The van der Waals surface area contributed by atoms with Crippen molar-refractivity contribution in [3.63, 3.8) is 0 Å². The first-order valence-electron chi connectivity index (χ1n) is 14.6. The number of rotatable bonds is 4. The van der Waals surface area contributed by atoms with Gasteiger partial charge in [-0.05, 0) is 80.7 Å². The molecule has 0 aromatic rings. The molecule has 0 bridgehead atoms. The van der Waals surface area contributed by atoms with Gasteiger partial charge in [0.25, 0.3) is 0 Å². The van der Waals surface area contributed by atoms with E-state index in [1.807, 2.05) is 6.08 Å². The van der Waals surface area contributed by atoms with Gasteiger partial charge in [-0.3, -0.25) is 9.69 Å². The first-order chi connectivity index (χ1) is 18.1. The summed E-state index contributed by atoms with van der Waals surface area (Å²) in [7, 11) is 0. The fourth-order valence-corrected chi connectivity index (χ4v) is 9.69. The fourth-order valence-electron chi connectivity index (χ4n) is 9.69. The van der Waals surface area contributed by atoms with E-state index in [-0.39, 0.29) is 52.9 Å². The van der Waals surface area contributed by atoms with E-state index in [1.165, 1.54) is 31.5 Å². The number of hydrogen-bond donors (Lipinski definition) is 5. The molecule has 7 heteroatoms. The largest absolute Gasteiger partial charge is 0.511 e. The summed E-state index contributed by atoms with van der Waals surface area (Å²) in [6, 6.07) is 0. The third kappa shape index (κ3) is 4.12. The Labute approximate surface area is 225 Å². The van der Waals surface area contributed by atoms with Gasteiger partial charge in [0.2, 0.25) is 0 Å². The minimum Gasteiger partial charge on any atom is -0.511 e. The molecule has 0 aromatic carbocycles. The van der Waals surface area contributed by atoms with Crippen LogP contribution >= 0.6 is 0 Å². The van der Waals surface area contributed by atoms with Gasteiger partial charge in [-0.15, -0.1) is 0 Å². The first-order valence-corrected chi connectivity index (χ1v) is 14.6. The quantitative estimate of drug-likeness (QED) is 0.358. The third-order valence-electron chi connectivity index (χ3n) is 11.2. The van der Waals surface area contributed by atoms with Crippen molar-refractivity contribution >= 4 is 5.78 Å². The van der Waals surface area contributed by atoms with Crippen LogP contribution in [0.4, 0.5) is 0 Å². The van der Waals surface area contributed by atoms with Crippen LogP contribution in [0.15, 0.2) is 47.4 Å². The molecule has 1 saturated heterocycles. The second kappa shape index (κ2) is 9.61. The second-order valence-corrected chi connectivity index (χ2v) is 13.5. The van der Waals surface area contributed by atoms with E-state index in [1.54, 1.807) is 0 Å².